The molecule has 3 aromatic rings. The summed E-state index contributed by atoms with van der Waals surface area (Å²) in [4.78, 5) is 12.9. The van der Waals surface area contributed by atoms with Gasteiger partial charge in [-0.3, -0.25) is 4.79 Å². The second kappa shape index (κ2) is 7.42. The Morgan fingerprint density at radius 1 is 1.14 bits per heavy atom. The number of carbonyl (C=O) groups excluding carboxylic acids is 1. The lowest BCUT2D eigenvalue weighted by Crippen LogP contribution is -2.17. The lowest BCUT2D eigenvalue weighted by molar-refractivity contribution is -0.0501. The van der Waals surface area contributed by atoms with E-state index in [0.29, 0.717) is 11.7 Å². The molecule has 0 saturated heterocycles. The van der Waals surface area contributed by atoms with Gasteiger partial charge in [0, 0.05) is 11.5 Å². The third kappa shape index (κ3) is 3.60. The largest absolute Gasteiger partial charge is 0.434 e. The van der Waals surface area contributed by atoms with E-state index in [0.717, 1.165) is 29.8 Å². The first kappa shape index (κ1) is 18.2. The van der Waals surface area contributed by atoms with Crippen molar-refractivity contribution in [3.63, 3.8) is 0 Å². The smallest absolute Gasteiger partial charge is 0.387 e. The van der Waals surface area contributed by atoms with Gasteiger partial charge in [-0.2, -0.15) is 13.9 Å². The zero-order chi connectivity index (χ0) is 19.7. The van der Waals surface area contributed by atoms with Gasteiger partial charge in [0.2, 0.25) is 0 Å². The standard InChI is InChI=1S/C21H19F2N3O2/c1-13-18(14-11-12-14)25-26(15-7-3-2-4-8-15)19(13)24-20(27)16-9-5-6-10-17(16)28-21(22)23/h2-10,14,21H,11-12H2,1H3,(H,24,27). The number of amides is 1. The maximum absolute atomic E-state index is 12.9. The van der Waals surface area contributed by atoms with E-state index in [1.54, 1.807) is 16.8 Å². The van der Waals surface area contributed by atoms with Crippen molar-refractivity contribution in [2.75, 3.05) is 5.32 Å². The van der Waals surface area contributed by atoms with Crippen molar-refractivity contribution in [2.24, 2.45) is 0 Å². The number of halogens is 2. The summed E-state index contributed by atoms with van der Waals surface area (Å²) in [5, 5.41) is 7.56. The first-order chi connectivity index (χ1) is 13.5. The molecule has 1 fully saturated rings. The Morgan fingerprint density at radius 3 is 2.50 bits per heavy atom. The number of nitrogens with one attached hydrogen (secondary N) is 1. The molecule has 4 rings (SSSR count). The summed E-state index contributed by atoms with van der Waals surface area (Å²) in [6.45, 7) is -1.09. The summed E-state index contributed by atoms with van der Waals surface area (Å²) >= 11 is 0. The Bertz CT molecular complexity index is 998. The van der Waals surface area contributed by atoms with Crippen molar-refractivity contribution in [3.05, 3.63) is 71.4 Å². The molecule has 0 spiro atoms. The van der Waals surface area contributed by atoms with Crippen LogP contribution in [0.5, 0.6) is 5.75 Å². The maximum atomic E-state index is 12.9. The SMILES string of the molecule is Cc1c(C2CC2)nn(-c2ccccc2)c1NC(=O)c1ccccc1OC(F)F. The molecule has 28 heavy (non-hydrogen) atoms. The number of alkyl halides is 2. The zero-order valence-electron chi connectivity index (χ0n) is 15.2. The lowest BCUT2D eigenvalue weighted by atomic mass is 10.1. The first-order valence-electron chi connectivity index (χ1n) is 9.04. The van der Waals surface area contributed by atoms with Crippen molar-refractivity contribution in [1.29, 1.82) is 0 Å². The van der Waals surface area contributed by atoms with Crippen LogP contribution in [0.4, 0.5) is 14.6 Å². The molecule has 7 heteroatoms. The minimum atomic E-state index is -3.01. The number of aromatic nitrogens is 2. The van der Waals surface area contributed by atoms with Crippen LogP contribution < -0.4 is 10.1 Å². The third-order valence-electron chi connectivity index (χ3n) is 4.70. The van der Waals surface area contributed by atoms with Gasteiger partial charge in [-0.25, -0.2) is 4.68 Å². The van der Waals surface area contributed by atoms with E-state index in [1.165, 1.54) is 12.1 Å². The van der Waals surface area contributed by atoms with Crippen LogP contribution in [0.1, 0.15) is 40.4 Å². The van der Waals surface area contributed by atoms with Crippen LogP contribution in [-0.4, -0.2) is 22.3 Å². The van der Waals surface area contributed by atoms with Crippen molar-refractivity contribution < 1.29 is 18.3 Å². The minimum absolute atomic E-state index is 0.0379. The molecule has 1 aromatic heterocycles. The number of hydrogen-bond donors (Lipinski definition) is 1. The Kier molecular flexibility index (Phi) is 4.81. The van der Waals surface area contributed by atoms with E-state index in [1.807, 2.05) is 37.3 Å². The molecule has 2 aromatic carbocycles. The van der Waals surface area contributed by atoms with Gasteiger partial charge < -0.3 is 10.1 Å². The molecule has 0 unspecified atom stereocenters. The summed E-state index contributed by atoms with van der Waals surface area (Å²) in [6.07, 6.45) is 2.15. The van der Waals surface area contributed by atoms with Crippen LogP contribution in [0.25, 0.3) is 5.69 Å². The summed E-state index contributed by atoms with van der Waals surface area (Å²) in [6, 6.07) is 15.4. The fourth-order valence-electron chi connectivity index (χ4n) is 3.19. The fourth-order valence-corrected chi connectivity index (χ4v) is 3.19. The Hall–Kier alpha value is -3.22. The van der Waals surface area contributed by atoms with Gasteiger partial charge in [-0.1, -0.05) is 30.3 Å². The predicted molar refractivity (Wildman–Crippen MR) is 101 cm³/mol. The fraction of sp³-hybridized carbons (Fsp3) is 0.238. The van der Waals surface area contributed by atoms with Gasteiger partial charge in [0.05, 0.1) is 16.9 Å². The molecule has 1 heterocycles. The highest BCUT2D eigenvalue weighted by atomic mass is 19.3. The molecular formula is C21H19F2N3O2. The highest BCUT2D eigenvalue weighted by Crippen LogP contribution is 2.43. The highest BCUT2D eigenvalue weighted by Gasteiger charge is 2.31. The summed E-state index contributed by atoms with van der Waals surface area (Å²) in [7, 11) is 0. The molecule has 0 aliphatic heterocycles. The van der Waals surface area contributed by atoms with E-state index in [-0.39, 0.29) is 11.3 Å². The van der Waals surface area contributed by atoms with E-state index in [9.17, 15) is 13.6 Å². The van der Waals surface area contributed by atoms with Crippen LogP contribution >= 0.6 is 0 Å². The molecular weight excluding hydrogens is 364 g/mol. The monoisotopic (exact) mass is 383 g/mol. The van der Waals surface area contributed by atoms with Crippen LogP contribution in [0.2, 0.25) is 0 Å². The van der Waals surface area contributed by atoms with E-state index in [4.69, 9.17) is 5.10 Å². The van der Waals surface area contributed by atoms with Gasteiger partial charge >= 0.3 is 6.61 Å². The number of hydrogen-bond acceptors (Lipinski definition) is 3. The first-order valence-corrected chi connectivity index (χ1v) is 9.04. The van der Waals surface area contributed by atoms with Crippen LogP contribution in [0.3, 0.4) is 0 Å². The normalized spacial score (nSPS) is 13.6. The molecule has 0 atom stereocenters. The van der Waals surface area contributed by atoms with Gasteiger partial charge in [0.25, 0.3) is 5.91 Å². The van der Waals surface area contributed by atoms with E-state index < -0.39 is 12.5 Å². The van der Waals surface area contributed by atoms with E-state index >= 15 is 0 Å². The molecule has 5 nitrogen and oxygen atoms in total. The van der Waals surface area contributed by atoms with Crippen molar-refractivity contribution in [2.45, 2.75) is 32.3 Å². The number of para-hydroxylation sites is 2. The average molecular weight is 383 g/mol. The third-order valence-corrected chi connectivity index (χ3v) is 4.70. The minimum Gasteiger partial charge on any atom is -0.434 e. The second-order valence-corrected chi connectivity index (χ2v) is 6.71. The topological polar surface area (TPSA) is 56.2 Å². The summed E-state index contributed by atoms with van der Waals surface area (Å²) in [5.41, 5.74) is 2.68. The summed E-state index contributed by atoms with van der Waals surface area (Å²) < 4.78 is 31.5. The number of carbonyl (C=O) groups is 1. The van der Waals surface area contributed by atoms with Gasteiger partial charge in [0.1, 0.15) is 11.6 Å². The summed E-state index contributed by atoms with van der Waals surface area (Å²) in [5.74, 6) is 0.236. The van der Waals surface area contributed by atoms with Crippen molar-refractivity contribution in [3.8, 4) is 11.4 Å². The highest BCUT2D eigenvalue weighted by molar-refractivity contribution is 6.06. The quantitative estimate of drug-likeness (QED) is 0.658. The molecule has 1 amide bonds. The van der Waals surface area contributed by atoms with E-state index in [2.05, 4.69) is 10.1 Å². The van der Waals surface area contributed by atoms with Crippen LogP contribution in [-0.2, 0) is 0 Å². The molecule has 1 saturated carbocycles. The second-order valence-electron chi connectivity index (χ2n) is 6.71. The molecule has 0 radical (unpaired) electrons. The van der Waals surface area contributed by atoms with Crippen LogP contribution in [0, 0.1) is 6.92 Å². The molecule has 144 valence electrons. The van der Waals surface area contributed by atoms with Gasteiger partial charge in [-0.15, -0.1) is 0 Å². The molecule has 0 bridgehead atoms. The number of rotatable bonds is 6. The number of benzene rings is 2. The van der Waals surface area contributed by atoms with Crippen molar-refractivity contribution in [1.82, 2.24) is 9.78 Å². The number of nitrogens with zero attached hydrogens (tertiary/aromatic N) is 2. The van der Waals surface area contributed by atoms with Gasteiger partial charge in [-0.05, 0) is 44.0 Å². The van der Waals surface area contributed by atoms with Gasteiger partial charge in [0.15, 0.2) is 0 Å². The van der Waals surface area contributed by atoms with Crippen LogP contribution in [0.15, 0.2) is 54.6 Å². The lowest BCUT2D eigenvalue weighted by Gasteiger charge is -2.13. The number of anilines is 1. The average Bonchev–Trinajstić information content (AvgIpc) is 3.48. The predicted octanol–water partition coefficient (Wildman–Crippen LogP) is 4.91. The maximum Gasteiger partial charge on any atom is 0.387 e. The molecule has 1 aliphatic rings. The molecule has 1 N–H and O–H groups in total. The Morgan fingerprint density at radius 2 is 1.82 bits per heavy atom. The molecule has 1 aliphatic carbocycles. The Balaban J connectivity index is 1.71. The number of ether oxygens (including phenoxy) is 1. The zero-order valence-corrected chi connectivity index (χ0v) is 15.2. The van der Waals surface area contributed by atoms with Crippen molar-refractivity contribution >= 4 is 11.7 Å². The Labute approximate surface area is 160 Å².